The van der Waals surface area contributed by atoms with E-state index in [2.05, 4.69) is 31.1 Å². The average molecular weight is 309 g/mol. The Labute approximate surface area is 132 Å². The number of hydrogen-bond donors (Lipinski definition) is 1. The van der Waals surface area contributed by atoms with Crippen LogP contribution in [0.2, 0.25) is 5.02 Å². The number of nitrogens with one attached hydrogen (secondary N) is 1. The first-order chi connectivity index (χ1) is 9.88. The zero-order valence-corrected chi connectivity index (χ0v) is 14.1. The van der Waals surface area contributed by atoms with Crippen molar-refractivity contribution in [1.82, 2.24) is 10.3 Å². The molecule has 2 bridgehead atoms. The van der Waals surface area contributed by atoms with Gasteiger partial charge in [0.2, 0.25) is 5.88 Å². The van der Waals surface area contributed by atoms with E-state index in [0.29, 0.717) is 16.3 Å². The van der Waals surface area contributed by atoms with Crippen LogP contribution in [0.3, 0.4) is 0 Å². The van der Waals surface area contributed by atoms with E-state index in [0.717, 1.165) is 24.4 Å². The number of hydrogen-bond acceptors (Lipinski definition) is 3. The fourth-order valence-electron chi connectivity index (χ4n) is 4.30. The molecule has 0 saturated heterocycles. The third kappa shape index (κ3) is 2.25. The highest BCUT2D eigenvalue weighted by atomic mass is 35.5. The van der Waals surface area contributed by atoms with Gasteiger partial charge in [-0.3, -0.25) is 0 Å². The van der Waals surface area contributed by atoms with Crippen LogP contribution in [-0.4, -0.2) is 18.1 Å². The van der Waals surface area contributed by atoms with Gasteiger partial charge in [-0.2, -0.15) is 0 Å². The highest BCUT2D eigenvalue weighted by Crippen LogP contribution is 2.66. The zero-order chi connectivity index (χ0) is 15.3. The molecule has 2 aliphatic rings. The van der Waals surface area contributed by atoms with Gasteiger partial charge in [-0.05, 0) is 49.3 Å². The van der Waals surface area contributed by atoms with Crippen molar-refractivity contribution in [2.75, 3.05) is 7.05 Å². The SMILES string of the molecule is CNCc1cnc(OC2CC3CCC2(C)C3(C)C)c(Cl)c1. The van der Waals surface area contributed by atoms with Gasteiger partial charge in [0.1, 0.15) is 11.1 Å². The third-order valence-corrected chi connectivity index (χ3v) is 6.48. The lowest BCUT2D eigenvalue weighted by Crippen LogP contribution is -2.39. The summed E-state index contributed by atoms with van der Waals surface area (Å²) < 4.78 is 6.25. The Balaban J connectivity index is 1.79. The van der Waals surface area contributed by atoms with Gasteiger partial charge in [0.15, 0.2) is 0 Å². The maximum absolute atomic E-state index is 6.35. The third-order valence-electron chi connectivity index (χ3n) is 6.21. The second-order valence-corrected chi connectivity index (χ2v) is 7.79. The molecule has 3 nitrogen and oxygen atoms in total. The molecule has 3 atom stereocenters. The second-order valence-electron chi connectivity index (χ2n) is 7.38. The Kier molecular flexibility index (Phi) is 3.69. The molecule has 0 spiro atoms. The average Bonchev–Trinajstić information content (AvgIpc) is 2.75. The molecule has 1 N–H and O–H groups in total. The van der Waals surface area contributed by atoms with Crippen LogP contribution in [0.4, 0.5) is 0 Å². The van der Waals surface area contributed by atoms with Crippen LogP contribution in [0.5, 0.6) is 5.88 Å². The summed E-state index contributed by atoms with van der Waals surface area (Å²) in [5, 5.41) is 3.72. The molecule has 21 heavy (non-hydrogen) atoms. The Morgan fingerprint density at radius 1 is 1.43 bits per heavy atom. The highest BCUT2D eigenvalue weighted by molar-refractivity contribution is 6.31. The van der Waals surface area contributed by atoms with E-state index in [1.807, 2.05) is 19.3 Å². The van der Waals surface area contributed by atoms with Gasteiger partial charge in [0.05, 0.1) is 0 Å². The van der Waals surface area contributed by atoms with Crippen molar-refractivity contribution in [1.29, 1.82) is 0 Å². The van der Waals surface area contributed by atoms with Crippen molar-refractivity contribution >= 4 is 11.6 Å². The number of rotatable bonds is 4. The summed E-state index contributed by atoms with van der Waals surface area (Å²) in [4.78, 5) is 4.43. The first kappa shape index (κ1) is 15.1. The van der Waals surface area contributed by atoms with Crippen LogP contribution < -0.4 is 10.1 Å². The molecule has 3 rings (SSSR count). The molecular weight excluding hydrogens is 284 g/mol. The molecule has 0 amide bonds. The number of nitrogens with zero attached hydrogens (tertiary/aromatic N) is 1. The summed E-state index contributed by atoms with van der Waals surface area (Å²) in [6.45, 7) is 7.91. The molecule has 1 aromatic heterocycles. The summed E-state index contributed by atoms with van der Waals surface area (Å²) in [6.07, 6.45) is 5.76. The number of fused-ring (bicyclic) bond motifs is 2. The number of pyridine rings is 1. The molecule has 3 unspecified atom stereocenters. The minimum Gasteiger partial charge on any atom is -0.473 e. The Morgan fingerprint density at radius 2 is 2.19 bits per heavy atom. The number of aromatic nitrogens is 1. The largest absolute Gasteiger partial charge is 0.473 e. The predicted molar refractivity (Wildman–Crippen MR) is 85.7 cm³/mol. The molecule has 116 valence electrons. The molecule has 0 aliphatic heterocycles. The normalized spacial score (nSPS) is 33.4. The van der Waals surface area contributed by atoms with Crippen molar-refractivity contribution < 1.29 is 4.74 Å². The standard InChI is InChI=1S/C17H25ClN2O/c1-16(2)12-5-6-17(16,3)14(8-12)21-15-13(18)7-11(9-19-4)10-20-15/h7,10,12,14,19H,5-6,8-9H2,1-4H3. The maximum atomic E-state index is 6.35. The molecule has 2 fully saturated rings. The van der Waals surface area contributed by atoms with Gasteiger partial charge in [-0.15, -0.1) is 0 Å². The Morgan fingerprint density at radius 3 is 2.71 bits per heavy atom. The zero-order valence-electron chi connectivity index (χ0n) is 13.4. The first-order valence-corrected chi connectivity index (χ1v) is 8.22. The topological polar surface area (TPSA) is 34.2 Å². The highest BCUT2D eigenvalue weighted by Gasteiger charge is 2.62. The summed E-state index contributed by atoms with van der Waals surface area (Å²) in [7, 11) is 1.91. The van der Waals surface area contributed by atoms with Gasteiger partial charge < -0.3 is 10.1 Å². The van der Waals surface area contributed by atoms with Gasteiger partial charge >= 0.3 is 0 Å². The molecule has 1 heterocycles. The van der Waals surface area contributed by atoms with Crippen molar-refractivity contribution in [2.45, 2.75) is 52.7 Å². The van der Waals surface area contributed by atoms with Crippen LogP contribution in [0.15, 0.2) is 12.3 Å². The van der Waals surface area contributed by atoms with Crippen molar-refractivity contribution in [3.63, 3.8) is 0 Å². The van der Waals surface area contributed by atoms with Crippen LogP contribution in [0.1, 0.15) is 45.6 Å². The monoisotopic (exact) mass is 308 g/mol. The van der Waals surface area contributed by atoms with E-state index < -0.39 is 0 Å². The van der Waals surface area contributed by atoms with Gasteiger partial charge in [-0.25, -0.2) is 4.98 Å². The molecule has 4 heteroatoms. The fraction of sp³-hybridized carbons (Fsp3) is 0.706. The van der Waals surface area contributed by atoms with Crippen molar-refractivity contribution in [2.24, 2.45) is 16.7 Å². The lowest BCUT2D eigenvalue weighted by molar-refractivity contribution is 0.0273. The van der Waals surface area contributed by atoms with Gasteiger partial charge in [0.25, 0.3) is 0 Å². The number of halogens is 1. The smallest absolute Gasteiger partial charge is 0.232 e. The first-order valence-electron chi connectivity index (χ1n) is 7.84. The predicted octanol–water partition coefficient (Wildman–Crippen LogP) is 4.05. The van der Waals surface area contributed by atoms with Crippen molar-refractivity contribution in [3.8, 4) is 5.88 Å². The fourth-order valence-corrected chi connectivity index (χ4v) is 4.53. The van der Waals surface area contributed by atoms with Crippen LogP contribution in [0, 0.1) is 16.7 Å². The molecule has 0 radical (unpaired) electrons. The van der Waals surface area contributed by atoms with Gasteiger partial charge in [-0.1, -0.05) is 32.4 Å². The van der Waals surface area contributed by atoms with E-state index in [-0.39, 0.29) is 11.5 Å². The summed E-state index contributed by atoms with van der Waals surface area (Å²) >= 11 is 6.35. The number of ether oxygens (including phenoxy) is 1. The summed E-state index contributed by atoms with van der Waals surface area (Å²) in [6, 6.07) is 1.95. The lowest BCUT2D eigenvalue weighted by Gasteiger charge is -2.38. The minimum absolute atomic E-state index is 0.228. The van der Waals surface area contributed by atoms with E-state index in [9.17, 15) is 0 Å². The molecule has 2 saturated carbocycles. The minimum atomic E-state index is 0.228. The van der Waals surface area contributed by atoms with E-state index >= 15 is 0 Å². The summed E-state index contributed by atoms with van der Waals surface area (Å²) in [5.74, 6) is 1.35. The lowest BCUT2D eigenvalue weighted by atomic mass is 9.70. The van der Waals surface area contributed by atoms with E-state index in [1.54, 1.807) is 0 Å². The van der Waals surface area contributed by atoms with E-state index in [1.165, 1.54) is 12.8 Å². The quantitative estimate of drug-likeness (QED) is 0.911. The van der Waals surface area contributed by atoms with Gasteiger partial charge in [0, 0.05) is 18.2 Å². The maximum Gasteiger partial charge on any atom is 0.232 e. The summed E-state index contributed by atoms with van der Waals surface area (Å²) in [5.41, 5.74) is 1.65. The molecule has 2 aliphatic carbocycles. The Bertz CT molecular complexity index is 546. The molecule has 0 aromatic carbocycles. The Hall–Kier alpha value is -0.800. The van der Waals surface area contributed by atoms with Crippen LogP contribution in [0.25, 0.3) is 0 Å². The van der Waals surface area contributed by atoms with E-state index in [4.69, 9.17) is 16.3 Å². The molecular formula is C17H25ClN2O. The second kappa shape index (κ2) is 5.13. The van der Waals surface area contributed by atoms with Crippen LogP contribution >= 0.6 is 11.6 Å². The molecule has 1 aromatic rings. The van der Waals surface area contributed by atoms with Crippen molar-refractivity contribution in [3.05, 3.63) is 22.8 Å². The van der Waals surface area contributed by atoms with Crippen LogP contribution in [-0.2, 0) is 6.54 Å².